The molecule has 58 valence electrons. The summed E-state index contributed by atoms with van der Waals surface area (Å²) in [5.41, 5.74) is 0. The lowest BCUT2D eigenvalue weighted by Gasteiger charge is -2.13. The van der Waals surface area contributed by atoms with E-state index < -0.39 is 5.92 Å². The monoisotopic (exact) mass is 143 g/mol. The Balaban J connectivity index is 4.02. The zero-order valence-corrected chi connectivity index (χ0v) is 6.63. The molecule has 0 aliphatic heterocycles. The van der Waals surface area contributed by atoms with Gasteiger partial charge in [0.1, 0.15) is 6.29 Å². The van der Waals surface area contributed by atoms with Crippen molar-refractivity contribution in [3.63, 3.8) is 0 Å². The lowest BCUT2D eigenvalue weighted by Crippen LogP contribution is -2.29. The van der Waals surface area contributed by atoms with Gasteiger partial charge in [0.15, 0.2) is 0 Å². The van der Waals surface area contributed by atoms with Gasteiger partial charge >= 0.3 is 0 Å². The van der Waals surface area contributed by atoms with Crippen LogP contribution in [0, 0.1) is 5.92 Å². The molecule has 0 aromatic carbocycles. The minimum absolute atomic E-state index is 0.113. The van der Waals surface area contributed by atoms with Gasteiger partial charge in [0, 0.05) is 14.1 Å². The predicted octanol–water partition coefficient (Wildman–Crippen LogP) is 0.300. The Morgan fingerprint density at radius 1 is 1.60 bits per heavy atom. The van der Waals surface area contributed by atoms with Gasteiger partial charge in [-0.3, -0.25) is 4.79 Å². The number of amides is 1. The van der Waals surface area contributed by atoms with Gasteiger partial charge < -0.3 is 9.69 Å². The van der Waals surface area contributed by atoms with Crippen LogP contribution in [0.2, 0.25) is 0 Å². The third-order valence-corrected chi connectivity index (χ3v) is 1.36. The van der Waals surface area contributed by atoms with Crippen molar-refractivity contribution in [2.45, 2.75) is 13.3 Å². The molecular weight excluding hydrogens is 130 g/mol. The molecule has 0 rings (SSSR count). The fraction of sp³-hybridized carbons (Fsp3) is 0.714. The third-order valence-electron chi connectivity index (χ3n) is 1.36. The lowest BCUT2D eigenvalue weighted by atomic mass is 10.1. The second-order valence-corrected chi connectivity index (χ2v) is 2.38. The van der Waals surface area contributed by atoms with Gasteiger partial charge in [-0.1, -0.05) is 6.92 Å². The van der Waals surface area contributed by atoms with Crippen LogP contribution in [-0.2, 0) is 9.59 Å². The minimum Gasteiger partial charge on any atom is -0.348 e. The molecule has 1 unspecified atom stereocenters. The molecule has 0 heterocycles. The normalized spacial score (nSPS) is 12.3. The summed E-state index contributed by atoms with van der Waals surface area (Å²) in [4.78, 5) is 22.7. The van der Waals surface area contributed by atoms with Gasteiger partial charge in [-0.25, -0.2) is 0 Å². The molecule has 1 amide bonds. The molecule has 0 spiro atoms. The van der Waals surface area contributed by atoms with Crippen LogP contribution in [0.4, 0.5) is 0 Å². The van der Waals surface area contributed by atoms with Crippen molar-refractivity contribution in [3.8, 4) is 0 Å². The van der Waals surface area contributed by atoms with Crippen LogP contribution in [0.3, 0.4) is 0 Å². The minimum atomic E-state index is -0.449. The van der Waals surface area contributed by atoms with Gasteiger partial charge in [-0.2, -0.15) is 0 Å². The molecule has 0 bridgehead atoms. The van der Waals surface area contributed by atoms with Crippen LogP contribution in [0.15, 0.2) is 0 Å². The standard InChI is InChI=1S/C7H13NO2/c1-4-6(5-9)7(10)8(2)3/h5-6H,4H2,1-3H3. The summed E-state index contributed by atoms with van der Waals surface area (Å²) in [5.74, 6) is -0.562. The predicted molar refractivity (Wildman–Crippen MR) is 38.5 cm³/mol. The molecule has 3 heteroatoms. The molecule has 0 aromatic heterocycles. The zero-order chi connectivity index (χ0) is 8.15. The second kappa shape index (κ2) is 4.04. The zero-order valence-electron chi connectivity index (χ0n) is 6.63. The van der Waals surface area contributed by atoms with E-state index in [0.717, 1.165) is 0 Å². The number of hydrogen-bond donors (Lipinski definition) is 0. The summed E-state index contributed by atoms with van der Waals surface area (Å²) >= 11 is 0. The summed E-state index contributed by atoms with van der Waals surface area (Å²) < 4.78 is 0. The van der Waals surface area contributed by atoms with Crippen molar-refractivity contribution >= 4 is 12.2 Å². The molecule has 0 aliphatic rings. The lowest BCUT2D eigenvalue weighted by molar-refractivity contribution is -0.135. The number of nitrogens with zero attached hydrogens (tertiary/aromatic N) is 1. The van der Waals surface area contributed by atoms with E-state index in [-0.39, 0.29) is 5.91 Å². The van der Waals surface area contributed by atoms with E-state index in [1.807, 2.05) is 6.92 Å². The van der Waals surface area contributed by atoms with Crippen molar-refractivity contribution in [2.75, 3.05) is 14.1 Å². The van der Waals surface area contributed by atoms with Crippen LogP contribution in [-0.4, -0.2) is 31.2 Å². The van der Waals surface area contributed by atoms with Gasteiger partial charge in [0.05, 0.1) is 5.92 Å². The Labute approximate surface area is 61.0 Å². The third kappa shape index (κ3) is 2.17. The highest BCUT2D eigenvalue weighted by atomic mass is 16.2. The molecule has 0 radical (unpaired) electrons. The first-order valence-corrected chi connectivity index (χ1v) is 3.30. The summed E-state index contributed by atoms with van der Waals surface area (Å²) in [7, 11) is 3.29. The van der Waals surface area contributed by atoms with Gasteiger partial charge in [0.25, 0.3) is 0 Å². The van der Waals surface area contributed by atoms with E-state index >= 15 is 0 Å². The van der Waals surface area contributed by atoms with E-state index in [1.54, 1.807) is 14.1 Å². The Bertz CT molecular complexity index is 132. The number of hydrogen-bond acceptors (Lipinski definition) is 2. The van der Waals surface area contributed by atoms with Crippen LogP contribution in [0.25, 0.3) is 0 Å². The first-order valence-electron chi connectivity index (χ1n) is 3.30. The molecule has 0 fully saturated rings. The molecule has 1 atom stereocenters. The van der Waals surface area contributed by atoms with Crippen LogP contribution in [0.1, 0.15) is 13.3 Å². The number of aldehydes is 1. The number of rotatable bonds is 3. The maximum absolute atomic E-state index is 11.0. The van der Waals surface area contributed by atoms with E-state index in [0.29, 0.717) is 12.7 Å². The van der Waals surface area contributed by atoms with E-state index in [1.165, 1.54) is 4.90 Å². The highest BCUT2D eigenvalue weighted by Gasteiger charge is 2.16. The Morgan fingerprint density at radius 2 is 2.10 bits per heavy atom. The van der Waals surface area contributed by atoms with Gasteiger partial charge in [0.2, 0.25) is 5.91 Å². The van der Waals surface area contributed by atoms with Gasteiger partial charge in [-0.15, -0.1) is 0 Å². The van der Waals surface area contributed by atoms with Crippen LogP contribution in [0.5, 0.6) is 0 Å². The SMILES string of the molecule is CCC(C=O)C(=O)N(C)C. The van der Waals surface area contributed by atoms with Crippen LogP contribution < -0.4 is 0 Å². The molecule has 0 saturated carbocycles. The number of carbonyl (C=O) groups is 2. The van der Waals surface area contributed by atoms with Crippen molar-refractivity contribution in [3.05, 3.63) is 0 Å². The molecular formula is C7H13NO2. The Hall–Kier alpha value is -0.860. The second-order valence-electron chi connectivity index (χ2n) is 2.38. The van der Waals surface area contributed by atoms with Crippen molar-refractivity contribution < 1.29 is 9.59 Å². The molecule has 0 saturated heterocycles. The molecule has 3 nitrogen and oxygen atoms in total. The fourth-order valence-electron chi connectivity index (χ4n) is 0.661. The maximum atomic E-state index is 11.0. The summed E-state index contributed by atoms with van der Waals surface area (Å²) in [6.07, 6.45) is 1.28. The van der Waals surface area contributed by atoms with Crippen molar-refractivity contribution in [1.82, 2.24) is 4.90 Å². The van der Waals surface area contributed by atoms with Crippen molar-refractivity contribution in [2.24, 2.45) is 5.92 Å². The average Bonchev–Trinajstić information content (AvgIpc) is 1.90. The molecule has 0 aromatic rings. The highest BCUT2D eigenvalue weighted by molar-refractivity contribution is 5.91. The number of carbonyl (C=O) groups excluding carboxylic acids is 2. The van der Waals surface area contributed by atoms with Crippen LogP contribution >= 0.6 is 0 Å². The average molecular weight is 143 g/mol. The summed E-state index contributed by atoms with van der Waals surface area (Å²) in [5, 5.41) is 0. The molecule has 0 N–H and O–H groups in total. The van der Waals surface area contributed by atoms with E-state index in [2.05, 4.69) is 0 Å². The quantitative estimate of drug-likeness (QED) is 0.421. The van der Waals surface area contributed by atoms with E-state index in [9.17, 15) is 9.59 Å². The summed E-state index contributed by atoms with van der Waals surface area (Å²) in [6.45, 7) is 1.82. The highest BCUT2D eigenvalue weighted by Crippen LogP contribution is 2.00. The molecule has 0 aliphatic carbocycles. The van der Waals surface area contributed by atoms with E-state index in [4.69, 9.17) is 0 Å². The topological polar surface area (TPSA) is 37.4 Å². The summed E-state index contributed by atoms with van der Waals surface area (Å²) in [6, 6.07) is 0. The fourth-order valence-corrected chi connectivity index (χ4v) is 0.661. The maximum Gasteiger partial charge on any atom is 0.232 e. The molecule has 10 heavy (non-hydrogen) atoms. The first-order chi connectivity index (χ1) is 4.63. The Morgan fingerprint density at radius 3 is 2.20 bits per heavy atom. The first kappa shape index (κ1) is 9.14. The Kier molecular flexibility index (Phi) is 3.69. The largest absolute Gasteiger partial charge is 0.348 e. The van der Waals surface area contributed by atoms with Gasteiger partial charge in [-0.05, 0) is 6.42 Å². The smallest absolute Gasteiger partial charge is 0.232 e. The van der Waals surface area contributed by atoms with Crippen molar-refractivity contribution in [1.29, 1.82) is 0 Å².